The number of fused-ring (bicyclic) bond motifs is 1. The first-order valence-corrected chi connectivity index (χ1v) is 16.7. The Kier molecular flexibility index (Phi) is 9.60. The minimum absolute atomic E-state index is 0.312. The van der Waals surface area contributed by atoms with Crippen LogP contribution in [0.25, 0.3) is 11.1 Å². The molecule has 0 radical (unpaired) electrons. The van der Waals surface area contributed by atoms with Gasteiger partial charge in [0, 0.05) is 41.6 Å². The van der Waals surface area contributed by atoms with Crippen molar-refractivity contribution < 1.29 is 23.8 Å². The second-order valence-electron chi connectivity index (χ2n) is 12.5. The average molecular weight is 649 g/mol. The van der Waals surface area contributed by atoms with Crippen molar-refractivity contribution in [3.63, 3.8) is 0 Å². The van der Waals surface area contributed by atoms with Gasteiger partial charge in [-0.2, -0.15) is 4.57 Å². The molecule has 0 aliphatic carbocycles. The maximum atomic E-state index is 12.1. The van der Waals surface area contributed by atoms with E-state index in [1.54, 1.807) is 0 Å². The third kappa shape index (κ3) is 7.96. The third-order valence-corrected chi connectivity index (χ3v) is 9.03. The highest BCUT2D eigenvalue weighted by Crippen LogP contribution is 2.35. The number of anilines is 2. The molecule has 1 unspecified atom stereocenters. The molecule has 6 aromatic rings. The molecule has 0 spiro atoms. The van der Waals surface area contributed by atoms with Crippen LogP contribution in [0.2, 0.25) is 0 Å². The van der Waals surface area contributed by atoms with Crippen LogP contribution in [-0.4, -0.2) is 23.8 Å². The summed E-state index contributed by atoms with van der Waals surface area (Å²) in [7, 11) is 0. The fourth-order valence-electron chi connectivity index (χ4n) is 6.47. The first-order chi connectivity index (χ1) is 24.1. The van der Waals surface area contributed by atoms with Crippen LogP contribution in [0.4, 0.5) is 11.4 Å². The van der Waals surface area contributed by atoms with Gasteiger partial charge >= 0.3 is 5.97 Å². The van der Waals surface area contributed by atoms with E-state index >= 15 is 0 Å². The highest BCUT2D eigenvalue weighted by Gasteiger charge is 2.31. The summed E-state index contributed by atoms with van der Waals surface area (Å²) in [4.78, 5) is 14.1. The maximum Gasteiger partial charge on any atom is 0.326 e. The van der Waals surface area contributed by atoms with Gasteiger partial charge in [0.2, 0.25) is 0 Å². The van der Waals surface area contributed by atoms with Crippen molar-refractivity contribution in [1.29, 1.82) is 0 Å². The Bertz CT molecular complexity index is 2000. The molecule has 7 heteroatoms. The summed E-state index contributed by atoms with van der Waals surface area (Å²) in [6.45, 7) is 2.44. The summed E-state index contributed by atoms with van der Waals surface area (Å²) in [5.74, 6) is -0.0303. The van der Waals surface area contributed by atoms with Gasteiger partial charge in [0.25, 0.3) is 0 Å². The van der Waals surface area contributed by atoms with Crippen molar-refractivity contribution in [2.75, 3.05) is 16.9 Å². The zero-order valence-corrected chi connectivity index (χ0v) is 27.4. The SMILES string of the molecule is O=C(O)C1CCc2cc(OCNc3ccc[n+](Cc4ccc(C[n+]5ccc(-c6ccccc6)cc5)cc4)c3)ccc2N1Cc1ccccc1. The number of hydrogen-bond acceptors (Lipinski definition) is 4. The molecule has 0 bridgehead atoms. The van der Waals surface area contributed by atoms with Gasteiger partial charge in [-0.3, -0.25) is 0 Å². The number of nitrogens with one attached hydrogen (secondary N) is 1. The second kappa shape index (κ2) is 14.9. The molecule has 2 aromatic heterocycles. The lowest BCUT2D eigenvalue weighted by Gasteiger charge is -2.37. The molecule has 3 heterocycles. The Morgan fingerprint density at radius 2 is 1.41 bits per heavy atom. The van der Waals surface area contributed by atoms with E-state index < -0.39 is 12.0 Å². The molecule has 7 rings (SSSR count). The molecule has 4 aromatic carbocycles. The molecule has 7 nitrogen and oxygen atoms in total. The van der Waals surface area contributed by atoms with Gasteiger partial charge in [0.05, 0.1) is 0 Å². The molecule has 0 saturated carbocycles. The topological polar surface area (TPSA) is 69.6 Å². The van der Waals surface area contributed by atoms with Crippen LogP contribution in [-0.2, 0) is 30.8 Å². The van der Waals surface area contributed by atoms with E-state index in [1.165, 1.54) is 22.3 Å². The Labute approximate surface area is 287 Å². The largest absolute Gasteiger partial charge is 0.480 e. The summed E-state index contributed by atoms with van der Waals surface area (Å²) in [5.41, 5.74) is 9.04. The van der Waals surface area contributed by atoms with E-state index in [2.05, 4.69) is 99.9 Å². The van der Waals surface area contributed by atoms with Gasteiger partial charge in [0.15, 0.2) is 44.6 Å². The lowest BCUT2D eigenvalue weighted by atomic mass is 9.94. The Hall–Kier alpha value is -5.95. The minimum Gasteiger partial charge on any atom is -0.480 e. The molecule has 244 valence electrons. The van der Waals surface area contributed by atoms with Crippen molar-refractivity contribution in [1.82, 2.24) is 0 Å². The normalized spacial score (nSPS) is 13.8. The zero-order chi connectivity index (χ0) is 33.4. The lowest BCUT2D eigenvalue weighted by Crippen LogP contribution is -2.44. The fourth-order valence-corrected chi connectivity index (χ4v) is 6.47. The number of carboxylic acids is 1. The van der Waals surface area contributed by atoms with Crippen LogP contribution in [0.1, 0.15) is 28.7 Å². The average Bonchev–Trinajstić information content (AvgIpc) is 3.14. The number of hydrogen-bond donors (Lipinski definition) is 2. The highest BCUT2D eigenvalue weighted by molar-refractivity contribution is 5.80. The predicted molar refractivity (Wildman–Crippen MR) is 191 cm³/mol. The van der Waals surface area contributed by atoms with E-state index in [9.17, 15) is 9.90 Å². The number of nitrogens with zero attached hydrogens (tertiary/aromatic N) is 3. The van der Waals surface area contributed by atoms with Crippen molar-refractivity contribution in [3.05, 3.63) is 174 Å². The van der Waals surface area contributed by atoms with Crippen LogP contribution < -0.4 is 24.1 Å². The summed E-state index contributed by atoms with van der Waals surface area (Å²) in [6.07, 6.45) is 9.68. The van der Waals surface area contributed by atoms with E-state index in [0.717, 1.165) is 41.3 Å². The summed E-state index contributed by atoms with van der Waals surface area (Å²) in [5, 5.41) is 13.3. The van der Waals surface area contributed by atoms with Gasteiger partial charge in [0.1, 0.15) is 17.5 Å². The fraction of sp³-hybridized carbons (Fsp3) is 0.167. The van der Waals surface area contributed by atoms with Crippen LogP contribution in [0, 0.1) is 0 Å². The van der Waals surface area contributed by atoms with Gasteiger partial charge in [-0.1, -0.05) is 84.9 Å². The number of aliphatic carboxylic acids is 1. The lowest BCUT2D eigenvalue weighted by molar-refractivity contribution is -0.688. The van der Waals surface area contributed by atoms with Crippen LogP contribution in [0.3, 0.4) is 0 Å². The van der Waals surface area contributed by atoms with Crippen molar-refractivity contribution in [3.8, 4) is 16.9 Å². The molecule has 0 saturated heterocycles. The number of ether oxygens (including phenoxy) is 1. The van der Waals surface area contributed by atoms with Crippen LogP contribution >= 0.6 is 0 Å². The summed E-state index contributed by atoms with van der Waals surface area (Å²) < 4.78 is 10.5. The van der Waals surface area contributed by atoms with Gasteiger partial charge < -0.3 is 20.1 Å². The smallest absolute Gasteiger partial charge is 0.326 e. The molecule has 49 heavy (non-hydrogen) atoms. The summed E-state index contributed by atoms with van der Waals surface area (Å²) in [6, 6.07) is 43.0. The maximum absolute atomic E-state index is 12.1. The zero-order valence-electron chi connectivity index (χ0n) is 27.4. The number of aromatic nitrogens is 2. The molecule has 1 atom stereocenters. The first kappa shape index (κ1) is 31.6. The van der Waals surface area contributed by atoms with Gasteiger partial charge in [-0.15, -0.1) is 0 Å². The van der Waals surface area contributed by atoms with Crippen molar-refractivity contribution in [2.45, 2.75) is 38.5 Å². The van der Waals surface area contributed by atoms with E-state index in [-0.39, 0.29) is 0 Å². The molecule has 1 aliphatic heterocycles. The number of benzene rings is 4. The molecule has 0 fully saturated rings. The van der Waals surface area contributed by atoms with E-state index in [0.29, 0.717) is 26.1 Å². The monoisotopic (exact) mass is 648 g/mol. The molecule has 0 amide bonds. The second-order valence-corrected chi connectivity index (χ2v) is 12.5. The van der Waals surface area contributed by atoms with E-state index in [4.69, 9.17) is 4.74 Å². The Balaban J connectivity index is 0.927. The molecule has 1 aliphatic rings. The molecule has 2 N–H and O–H groups in total. The van der Waals surface area contributed by atoms with Crippen molar-refractivity contribution in [2.24, 2.45) is 0 Å². The quantitative estimate of drug-likeness (QED) is 0.112. The number of carbonyl (C=O) groups is 1. The number of rotatable bonds is 12. The van der Waals surface area contributed by atoms with Crippen molar-refractivity contribution >= 4 is 17.3 Å². The highest BCUT2D eigenvalue weighted by atomic mass is 16.5. The standard InChI is InChI=1S/C42H39N4O3/c47-42(48)41-19-17-37-26-39(18-20-40(37)46(41)29-32-8-3-1-4-9-32)49-31-43-38-12-7-23-45(30-38)28-34-15-13-33(14-16-34)27-44-24-21-36(22-25-44)35-10-5-2-6-11-35/h1-16,18,20-26,30,41,43H,17,19,27-29,31H2/q+1/p+1. The third-order valence-electron chi connectivity index (χ3n) is 9.03. The number of aryl methyl sites for hydroxylation is 1. The van der Waals surface area contributed by atoms with Crippen LogP contribution in [0.5, 0.6) is 5.75 Å². The molecular formula is C42H40N4O3+2. The number of pyridine rings is 2. The minimum atomic E-state index is -0.789. The Morgan fingerprint density at radius 3 is 2.12 bits per heavy atom. The molecular weight excluding hydrogens is 608 g/mol. The van der Waals surface area contributed by atoms with E-state index in [1.807, 2.05) is 71.6 Å². The van der Waals surface area contributed by atoms with Gasteiger partial charge in [-0.25, -0.2) is 9.36 Å². The first-order valence-electron chi connectivity index (χ1n) is 16.7. The Morgan fingerprint density at radius 1 is 0.735 bits per heavy atom. The number of carboxylic acid groups (broad SMARTS) is 1. The van der Waals surface area contributed by atoms with Gasteiger partial charge in [-0.05, 0) is 59.4 Å². The predicted octanol–water partition coefficient (Wildman–Crippen LogP) is 6.88. The summed E-state index contributed by atoms with van der Waals surface area (Å²) >= 11 is 0. The van der Waals surface area contributed by atoms with Crippen LogP contribution in [0.15, 0.2) is 152 Å².